The quantitative estimate of drug-likeness (QED) is 0.911. The molecule has 1 aromatic heterocycles. The van der Waals surface area contributed by atoms with E-state index in [4.69, 9.17) is 21.8 Å². The van der Waals surface area contributed by atoms with Crippen molar-refractivity contribution in [2.75, 3.05) is 13.1 Å². The first kappa shape index (κ1) is 15.3. The van der Waals surface area contributed by atoms with Gasteiger partial charge in [-0.05, 0) is 42.5 Å². The van der Waals surface area contributed by atoms with E-state index in [-0.39, 0.29) is 29.6 Å². The van der Waals surface area contributed by atoms with E-state index in [1.807, 2.05) is 4.90 Å². The zero-order chi connectivity index (χ0) is 12.4. The highest BCUT2D eigenvalue weighted by Gasteiger charge is 2.32. The van der Waals surface area contributed by atoms with E-state index in [9.17, 15) is 4.79 Å². The van der Waals surface area contributed by atoms with E-state index < -0.39 is 0 Å². The van der Waals surface area contributed by atoms with Crippen LogP contribution in [0.2, 0.25) is 5.22 Å². The van der Waals surface area contributed by atoms with E-state index in [2.05, 4.69) is 6.92 Å². The number of furan rings is 1. The minimum Gasteiger partial charge on any atom is -0.440 e. The average Bonchev–Trinajstić information content (AvgIpc) is 2.74. The Hall–Kier alpha value is -0.710. The van der Waals surface area contributed by atoms with Crippen molar-refractivity contribution in [2.45, 2.75) is 25.8 Å². The summed E-state index contributed by atoms with van der Waals surface area (Å²) in [5.74, 6) is 0.615. The largest absolute Gasteiger partial charge is 0.440 e. The molecule has 2 heterocycles. The zero-order valence-electron chi connectivity index (χ0n) is 10.3. The summed E-state index contributed by atoms with van der Waals surface area (Å²) in [4.78, 5) is 14.1. The lowest BCUT2D eigenvalue weighted by molar-refractivity contribution is 0.0501. The third-order valence-corrected chi connectivity index (χ3v) is 3.61. The zero-order valence-corrected chi connectivity index (χ0v) is 11.8. The predicted octanol–water partition coefficient (Wildman–Crippen LogP) is 2.55. The highest BCUT2D eigenvalue weighted by Crippen LogP contribution is 2.25. The summed E-state index contributed by atoms with van der Waals surface area (Å²) in [7, 11) is 0. The SMILES string of the molecule is CC1CCCN(C(=O)c2ccc(Cl)o2)C1CN.Cl. The van der Waals surface area contributed by atoms with Crippen molar-refractivity contribution in [1.82, 2.24) is 4.90 Å². The number of amides is 1. The Morgan fingerprint density at radius 3 is 2.89 bits per heavy atom. The van der Waals surface area contributed by atoms with Gasteiger partial charge in [-0.3, -0.25) is 4.79 Å². The van der Waals surface area contributed by atoms with Crippen LogP contribution in [0.3, 0.4) is 0 Å². The van der Waals surface area contributed by atoms with Gasteiger partial charge in [0.15, 0.2) is 11.0 Å². The molecule has 1 amide bonds. The van der Waals surface area contributed by atoms with Crippen molar-refractivity contribution < 1.29 is 9.21 Å². The number of rotatable bonds is 2. The number of piperidine rings is 1. The van der Waals surface area contributed by atoms with E-state index in [1.165, 1.54) is 0 Å². The summed E-state index contributed by atoms with van der Waals surface area (Å²) >= 11 is 5.68. The van der Waals surface area contributed by atoms with Crippen molar-refractivity contribution in [3.05, 3.63) is 23.1 Å². The molecule has 2 rings (SSSR count). The smallest absolute Gasteiger partial charge is 0.289 e. The number of nitrogens with zero attached hydrogens (tertiary/aromatic N) is 1. The number of carbonyl (C=O) groups excluding carboxylic acids is 1. The van der Waals surface area contributed by atoms with Crippen LogP contribution >= 0.6 is 24.0 Å². The summed E-state index contributed by atoms with van der Waals surface area (Å²) < 4.78 is 5.16. The number of nitrogens with two attached hydrogens (primary N) is 1. The van der Waals surface area contributed by atoms with Crippen LogP contribution in [0.4, 0.5) is 0 Å². The van der Waals surface area contributed by atoms with Crippen LogP contribution in [0.1, 0.15) is 30.3 Å². The van der Waals surface area contributed by atoms with Crippen molar-refractivity contribution in [1.29, 1.82) is 0 Å². The number of hydrogen-bond acceptors (Lipinski definition) is 3. The first-order valence-corrected chi connectivity index (χ1v) is 6.27. The van der Waals surface area contributed by atoms with Gasteiger partial charge >= 0.3 is 0 Å². The summed E-state index contributed by atoms with van der Waals surface area (Å²) in [6.07, 6.45) is 2.13. The minimum atomic E-state index is -0.112. The van der Waals surface area contributed by atoms with Gasteiger partial charge in [-0.1, -0.05) is 6.92 Å². The van der Waals surface area contributed by atoms with Crippen LogP contribution in [0.5, 0.6) is 0 Å². The van der Waals surface area contributed by atoms with Gasteiger partial charge in [0.05, 0.1) is 0 Å². The highest BCUT2D eigenvalue weighted by atomic mass is 35.5. The molecule has 102 valence electrons. The summed E-state index contributed by atoms with van der Waals surface area (Å²) in [5.41, 5.74) is 5.75. The number of likely N-dealkylation sites (tertiary alicyclic amines) is 1. The molecule has 1 saturated heterocycles. The van der Waals surface area contributed by atoms with Crippen LogP contribution in [-0.4, -0.2) is 29.9 Å². The number of carbonyl (C=O) groups is 1. The second-order valence-electron chi connectivity index (χ2n) is 4.52. The lowest BCUT2D eigenvalue weighted by Gasteiger charge is -2.38. The van der Waals surface area contributed by atoms with Gasteiger partial charge in [0.2, 0.25) is 0 Å². The first-order chi connectivity index (χ1) is 8.13. The standard InChI is InChI=1S/C12H17ClN2O2.ClH/c1-8-3-2-6-15(9(8)7-14)12(16)10-4-5-11(13)17-10;/h4-5,8-9H,2-3,6-7,14H2,1H3;1H. The van der Waals surface area contributed by atoms with Crippen LogP contribution in [0, 0.1) is 5.92 Å². The molecule has 2 N–H and O–H groups in total. The van der Waals surface area contributed by atoms with E-state index in [1.54, 1.807) is 12.1 Å². The lowest BCUT2D eigenvalue weighted by Crippen LogP contribution is -2.51. The highest BCUT2D eigenvalue weighted by molar-refractivity contribution is 6.29. The third kappa shape index (κ3) is 2.99. The molecule has 0 radical (unpaired) electrons. The Labute approximate surface area is 118 Å². The summed E-state index contributed by atoms with van der Waals surface area (Å²) in [6.45, 7) is 3.36. The molecule has 2 unspecified atom stereocenters. The molecule has 0 bridgehead atoms. The molecule has 18 heavy (non-hydrogen) atoms. The Morgan fingerprint density at radius 2 is 2.33 bits per heavy atom. The van der Waals surface area contributed by atoms with Gasteiger partial charge in [-0.25, -0.2) is 0 Å². The summed E-state index contributed by atoms with van der Waals surface area (Å²) in [6, 6.07) is 3.29. The van der Waals surface area contributed by atoms with Gasteiger partial charge in [-0.2, -0.15) is 0 Å². The van der Waals surface area contributed by atoms with E-state index in [0.29, 0.717) is 18.2 Å². The van der Waals surface area contributed by atoms with Crippen molar-refractivity contribution in [3.8, 4) is 0 Å². The Bertz CT molecular complexity index is 409. The number of hydrogen-bond donors (Lipinski definition) is 1. The van der Waals surface area contributed by atoms with E-state index >= 15 is 0 Å². The maximum Gasteiger partial charge on any atom is 0.289 e. The predicted molar refractivity (Wildman–Crippen MR) is 73.2 cm³/mol. The van der Waals surface area contributed by atoms with Gasteiger partial charge in [0, 0.05) is 19.1 Å². The molecular weight excluding hydrogens is 275 g/mol. The molecule has 1 aromatic rings. The van der Waals surface area contributed by atoms with Crippen molar-refractivity contribution in [2.24, 2.45) is 11.7 Å². The van der Waals surface area contributed by atoms with Crippen molar-refractivity contribution in [3.63, 3.8) is 0 Å². The maximum atomic E-state index is 12.2. The monoisotopic (exact) mass is 292 g/mol. The van der Waals surface area contributed by atoms with Gasteiger partial charge in [-0.15, -0.1) is 12.4 Å². The average molecular weight is 293 g/mol. The van der Waals surface area contributed by atoms with Crippen molar-refractivity contribution >= 4 is 29.9 Å². The lowest BCUT2D eigenvalue weighted by atomic mass is 9.90. The van der Waals surface area contributed by atoms with Crippen LogP contribution in [0.25, 0.3) is 0 Å². The summed E-state index contributed by atoms with van der Waals surface area (Å²) in [5, 5.41) is 0.239. The fourth-order valence-corrected chi connectivity index (χ4v) is 2.58. The Morgan fingerprint density at radius 1 is 1.61 bits per heavy atom. The molecular formula is C12H18Cl2N2O2. The molecule has 2 atom stereocenters. The Kier molecular flexibility index (Phi) is 5.50. The molecule has 1 aliphatic rings. The van der Waals surface area contributed by atoms with Crippen LogP contribution < -0.4 is 5.73 Å². The molecule has 4 nitrogen and oxygen atoms in total. The fourth-order valence-electron chi connectivity index (χ4n) is 2.43. The topological polar surface area (TPSA) is 59.5 Å². The first-order valence-electron chi connectivity index (χ1n) is 5.90. The second-order valence-corrected chi connectivity index (χ2v) is 4.90. The molecule has 0 spiro atoms. The normalized spacial score (nSPS) is 23.6. The minimum absolute atomic E-state index is 0. The van der Waals surface area contributed by atoms with E-state index in [0.717, 1.165) is 19.4 Å². The third-order valence-electron chi connectivity index (χ3n) is 3.40. The number of halogens is 2. The molecule has 1 aliphatic heterocycles. The van der Waals surface area contributed by atoms with Gasteiger partial charge in [0.1, 0.15) is 0 Å². The maximum absolute atomic E-state index is 12.2. The van der Waals surface area contributed by atoms with Gasteiger partial charge < -0.3 is 15.1 Å². The van der Waals surface area contributed by atoms with Crippen LogP contribution in [-0.2, 0) is 0 Å². The fraction of sp³-hybridized carbons (Fsp3) is 0.583. The Balaban J connectivity index is 0.00000162. The molecule has 0 aliphatic carbocycles. The molecule has 6 heteroatoms. The van der Waals surface area contributed by atoms with Gasteiger partial charge in [0.25, 0.3) is 5.91 Å². The second kappa shape index (κ2) is 6.45. The molecule has 1 fully saturated rings. The molecule has 0 saturated carbocycles. The molecule has 0 aromatic carbocycles. The van der Waals surface area contributed by atoms with Crippen LogP contribution in [0.15, 0.2) is 16.5 Å².